The molecule has 0 radical (unpaired) electrons. The molecule has 2 aliphatic heterocycles. The van der Waals surface area contributed by atoms with E-state index in [0.29, 0.717) is 18.0 Å². The minimum absolute atomic E-state index is 0.118. The Morgan fingerprint density at radius 2 is 1.86 bits per heavy atom. The van der Waals surface area contributed by atoms with E-state index in [2.05, 4.69) is 40.2 Å². The lowest BCUT2D eigenvalue weighted by Crippen LogP contribution is -2.52. The van der Waals surface area contributed by atoms with Crippen LogP contribution in [0, 0.1) is 12.8 Å². The molecule has 2 aromatic carbocycles. The van der Waals surface area contributed by atoms with Gasteiger partial charge in [-0.2, -0.15) is 0 Å². The molecule has 3 heterocycles. The van der Waals surface area contributed by atoms with Crippen molar-refractivity contribution in [1.82, 2.24) is 9.88 Å². The molecule has 1 aromatic heterocycles. The molecule has 0 N–H and O–H groups in total. The maximum atomic E-state index is 13.3. The van der Waals surface area contributed by atoms with Crippen LogP contribution in [0.4, 0.5) is 0 Å². The highest BCUT2D eigenvalue weighted by molar-refractivity contribution is 6.00. The van der Waals surface area contributed by atoms with E-state index in [-0.39, 0.29) is 11.7 Å². The van der Waals surface area contributed by atoms with Gasteiger partial charge in [-0.3, -0.25) is 9.69 Å². The molecule has 4 heteroatoms. The Kier molecular flexibility index (Phi) is 4.52. The van der Waals surface area contributed by atoms with E-state index in [4.69, 9.17) is 4.42 Å². The quantitative estimate of drug-likeness (QED) is 0.592. The van der Waals surface area contributed by atoms with Gasteiger partial charge in [-0.05, 0) is 49.4 Å². The van der Waals surface area contributed by atoms with Crippen LogP contribution in [0.2, 0.25) is 0 Å². The molecule has 5 rings (SSSR count). The van der Waals surface area contributed by atoms with E-state index >= 15 is 0 Å². The van der Waals surface area contributed by atoms with E-state index in [0.717, 1.165) is 36.0 Å². The fraction of sp³-hybridized carbons (Fsp3) is 0.417. The lowest BCUT2D eigenvalue weighted by atomic mass is 9.75. The number of carbonyl (C=O) groups is 1. The van der Waals surface area contributed by atoms with Crippen LogP contribution in [0.1, 0.15) is 53.9 Å². The predicted molar refractivity (Wildman–Crippen MR) is 109 cm³/mol. The van der Waals surface area contributed by atoms with Gasteiger partial charge >= 0.3 is 0 Å². The number of ketones is 1. The Balaban J connectivity index is 1.35. The van der Waals surface area contributed by atoms with Crippen molar-refractivity contribution in [3.8, 4) is 0 Å². The zero-order valence-electron chi connectivity index (χ0n) is 16.3. The van der Waals surface area contributed by atoms with Crippen molar-refractivity contribution in [3.05, 3.63) is 65.5 Å². The molecule has 2 aliphatic rings. The monoisotopic (exact) mass is 374 g/mol. The minimum atomic E-state index is 0.118. The van der Waals surface area contributed by atoms with Crippen molar-refractivity contribution in [2.75, 3.05) is 0 Å². The summed E-state index contributed by atoms with van der Waals surface area (Å²) in [5.41, 5.74) is 3.69. The fourth-order valence-electron chi connectivity index (χ4n) is 5.18. The van der Waals surface area contributed by atoms with E-state index in [9.17, 15) is 4.79 Å². The lowest BCUT2D eigenvalue weighted by Gasteiger charge is -2.48. The molecule has 2 fully saturated rings. The average molecular weight is 374 g/mol. The summed E-state index contributed by atoms with van der Waals surface area (Å²) in [4.78, 5) is 20.3. The number of nitrogens with zero attached hydrogens (tertiary/aromatic N) is 2. The van der Waals surface area contributed by atoms with Crippen LogP contribution < -0.4 is 0 Å². The number of hydrogen-bond acceptors (Lipinski definition) is 4. The van der Waals surface area contributed by atoms with Crippen molar-refractivity contribution in [2.24, 2.45) is 5.92 Å². The van der Waals surface area contributed by atoms with E-state index < -0.39 is 0 Å². The van der Waals surface area contributed by atoms with Crippen molar-refractivity contribution in [3.63, 3.8) is 0 Å². The second-order valence-electron chi connectivity index (χ2n) is 8.34. The SMILES string of the molecule is Cc1nc2cc(C(=O)C3CC4CCCC(C3)N4Cc3ccccc3)ccc2o1. The fourth-order valence-corrected chi connectivity index (χ4v) is 5.18. The minimum Gasteiger partial charge on any atom is -0.441 e. The van der Waals surface area contributed by atoms with Gasteiger partial charge in [0.25, 0.3) is 0 Å². The Morgan fingerprint density at radius 1 is 1.11 bits per heavy atom. The van der Waals surface area contributed by atoms with Crippen molar-refractivity contribution >= 4 is 16.9 Å². The topological polar surface area (TPSA) is 46.3 Å². The first-order valence-corrected chi connectivity index (χ1v) is 10.4. The largest absolute Gasteiger partial charge is 0.441 e. The Bertz CT molecular complexity index is 980. The molecule has 28 heavy (non-hydrogen) atoms. The molecule has 0 saturated carbocycles. The van der Waals surface area contributed by atoms with E-state index in [1.165, 1.54) is 24.8 Å². The average Bonchev–Trinajstić information content (AvgIpc) is 3.07. The third kappa shape index (κ3) is 3.26. The first-order chi connectivity index (χ1) is 13.7. The molecule has 2 atom stereocenters. The number of aromatic nitrogens is 1. The van der Waals surface area contributed by atoms with Gasteiger partial charge in [-0.15, -0.1) is 0 Å². The molecule has 0 spiro atoms. The maximum absolute atomic E-state index is 13.3. The first-order valence-electron chi connectivity index (χ1n) is 10.4. The molecule has 0 amide bonds. The molecule has 2 unspecified atom stereocenters. The summed E-state index contributed by atoms with van der Waals surface area (Å²) in [5, 5.41) is 0. The molecule has 144 valence electrons. The summed E-state index contributed by atoms with van der Waals surface area (Å²) in [5.74, 6) is 1.04. The van der Waals surface area contributed by atoms with E-state index in [1.807, 2.05) is 25.1 Å². The zero-order chi connectivity index (χ0) is 19.1. The summed E-state index contributed by atoms with van der Waals surface area (Å²) in [7, 11) is 0. The number of Topliss-reactive ketones (excluding diaryl/α,β-unsaturated/α-hetero) is 1. The van der Waals surface area contributed by atoms with Crippen molar-refractivity contribution in [1.29, 1.82) is 0 Å². The van der Waals surface area contributed by atoms with Gasteiger partial charge in [0.15, 0.2) is 17.3 Å². The number of rotatable bonds is 4. The van der Waals surface area contributed by atoms with Gasteiger partial charge in [-0.25, -0.2) is 4.98 Å². The van der Waals surface area contributed by atoms with Crippen LogP contribution >= 0.6 is 0 Å². The summed E-state index contributed by atoms with van der Waals surface area (Å²) >= 11 is 0. The van der Waals surface area contributed by atoms with Crippen LogP contribution in [-0.2, 0) is 6.54 Å². The van der Waals surface area contributed by atoms with Crippen LogP contribution in [0.5, 0.6) is 0 Å². The lowest BCUT2D eigenvalue weighted by molar-refractivity contribution is 0.00907. The van der Waals surface area contributed by atoms with Gasteiger partial charge in [-0.1, -0.05) is 36.8 Å². The maximum Gasteiger partial charge on any atom is 0.192 e. The van der Waals surface area contributed by atoms with Crippen LogP contribution in [0.3, 0.4) is 0 Å². The number of fused-ring (bicyclic) bond motifs is 3. The van der Waals surface area contributed by atoms with Gasteiger partial charge in [0.1, 0.15) is 5.52 Å². The van der Waals surface area contributed by atoms with Crippen LogP contribution in [0.15, 0.2) is 52.9 Å². The smallest absolute Gasteiger partial charge is 0.192 e. The number of oxazole rings is 1. The second-order valence-corrected chi connectivity index (χ2v) is 8.34. The highest BCUT2D eigenvalue weighted by Crippen LogP contribution is 2.39. The third-order valence-electron chi connectivity index (χ3n) is 6.48. The Morgan fingerprint density at radius 3 is 2.61 bits per heavy atom. The molecular formula is C24H26N2O2. The van der Waals surface area contributed by atoms with Crippen molar-refractivity contribution in [2.45, 2.75) is 57.7 Å². The third-order valence-corrected chi connectivity index (χ3v) is 6.48. The van der Waals surface area contributed by atoms with Crippen LogP contribution in [-0.4, -0.2) is 27.8 Å². The van der Waals surface area contributed by atoms with Gasteiger partial charge in [0, 0.05) is 37.0 Å². The Labute approximate surface area is 165 Å². The number of benzene rings is 2. The van der Waals surface area contributed by atoms with Gasteiger partial charge in [0.2, 0.25) is 0 Å². The highest BCUT2D eigenvalue weighted by Gasteiger charge is 2.40. The summed E-state index contributed by atoms with van der Waals surface area (Å²) in [6, 6.07) is 17.4. The van der Waals surface area contributed by atoms with Gasteiger partial charge in [0.05, 0.1) is 0 Å². The summed E-state index contributed by atoms with van der Waals surface area (Å²) in [6.45, 7) is 2.84. The molecule has 4 nitrogen and oxygen atoms in total. The van der Waals surface area contributed by atoms with E-state index in [1.54, 1.807) is 0 Å². The summed E-state index contributed by atoms with van der Waals surface area (Å²) in [6.07, 6.45) is 5.63. The highest BCUT2D eigenvalue weighted by atomic mass is 16.3. The normalized spacial score (nSPS) is 25.1. The Hall–Kier alpha value is -2.46. The molecule has 2 saturated heterocycles. The number of hydrogen-bond donors (Lipinski definition) is 0. The van der Waals surface area contributed by atoms with Crippen LogP contribution in [0.25, 0.3) is 11.1 Å². The molecule has 0 aliphatic carbocycles. The zero-order valence-corrected chi connectivity index (χ0v) is 16.3. The van der Waals surface area contributed by atoms with Crippen molar-refractivity contribution < 1.29 is 9.21 Å². The number of piperidine rings is 2. The molecule has 2 bridgehead atoms. The summed E-state index contributed by atoms with van der Waals surface area (Å²) < 4.78 is 5.55. The number of carbonyl (C=O) groups excluding carboxylic acids is 1. The predicted octanol–water partition coefficient (Wildman–Crippen LogP) is 5.15. The standard InChI is InChI=1S/C24H26N2O2/c1-16-25-22-14-18(10-11-23(22)28-16)24(27)19-12-20-8-5-9-21(13-19)26(20)15-17-6-3-2-4-7-17/h2-4,6-7,10-11,14,19-21H,5,8-9,12-13,15H2,1H3. The molecule has 3 aromatic rings. The molecular weight excluding hydrogens is 348 g/mol. The first kappa shape index (κ1) is 17.6. The van der Waals surface area contributed by atoms with Gasteiger partial charge < -0.3 is 4.42 Å². The second kappa shape index (κ2) is 7.17. The number of aryl methyl sites for hydroxylation is 1.